The molecule has 17 heavy (non-hydrogen) atoms. The standard InChI is InChI=1S/C13H24N2O2/c1-9(2)5-4-6-10(3)15-13(17)11-7-12(16)14-8-11/h9-11H,4-8H2,1-3H3,(H,14,16)(H,15,17). The number of hydrogen-bond acceptors (Lipinski definition) is 2. The van der Waals surface area contributed by atoms with Gasteiger partial charge in [0.25, 0.3) is 0 Å². The van der Waals surface area contributed by atoms with Crippen LogP contribution in [0.4, 0.5) is 0 Å². The number of nitrogens with one attached hydrogen (secondary N) is 2. The van der Waals surface area contributed by atoms with Crippen LogP contribution in [0, 0.1) is 11.8 Å². The van der Waals surface area contributed by atoms with Crippen LogP contribution in [0.25, 0.3) is 0 Å². The van der Waals surface area contributed by atoms with Crippen LogP contribution in [-0.2, 0) is 9.59 Å². The first-order valence-corrected chi connectivity index (χ1v) is 6.56. The highest BCUT2D eigenvalue weighted by molar-refractivity contribution is 5.89. The lowest BCUT2D eigenvalue weighted by Gasteiger charge is -2.16. The van der Waals surface area contributed by atoms with Crippen LogP contribution in [0.2, 0.25) is 0 Å². The molecule has 2 unspecified atom stereocenters. The predicted molar refractivity (Wildman–Crippen MR) is 67.4 cm³/mol. The van der Waals surface area contributed by atoms with E-state index in [0.29, 0.717) is 13.0 Å². The zero-order chi connectivity index (χ0) is 12.8. The lowest BCUT2D eigenvalue weighted by Crippen LogP contribution is -2.38. The molecule has 4 heteroatoms. The molecule has 1 heterocycles. The van der Waals surface area contributed by atoms with Crippen LogP contribution in [0.15, 0.2) is 0 Å². The van der Waals surface area contributed by atoms with Crippen molar-refractivity contribution in [1.82, 2.24) is 10.6 Å². The van der Waals surface area contributed by atoms with Gasteiger partial charge in [-0.2, -0.15) is 0 Å². The van der Waals surface area contributed by atoms with E-state index in [2.05, 4.69) is 24.5 Å². The maximum atomic E-state index is 11.8. The van der Waals surface area contributed by atoms with Gasteiger partial charge in [0.05, 0.1) is 5.92 Å². The van der Waals surface area contributed by atoms with Gasteiger partial charge in [-0.05, 0) is 19.3 Å². The largest absolute Gasteiger partial charge is 0.355 e. The fourth-order valence-electron chi connectivity index (χ4n) is 2.06. The normalized spacial score (nSPS) is 21.4. The molecule has 0 spiro atoms. The van der Waals surface area contributed by atoms with Gasteiger partial charge in [-0.3, -0.25) is 9.59 Å². The summed E-state index contributed by atoms with van der Waals surface area (Å²) in [6, 6.07) is 0.206. The van der Waals surface area contributed by atoms with Crippen molar-refractivity contribution in [3.05, 3.63) is 0 Å². The fourth-order valence-corrected chi connectivity index (χ4v) is 2.06. The minimum absolute atomic E-state index is 0.0143. The zero-order valence-corrected chi connectivity index (χ0v) is 11.1. The van der Waals surface area contributed by atoms with E-state index < -0.39 is 0 Å². The summed E-state index contributed by atoms with van der Waals surface area (Å²) in [6.45, 7) is 6.93. The molecule has 2 N–H and O–H groups in total. The molecule has 0 aromatic carbocycles. The van der Waals surface area contributed by atoms with Crippen LogP contribution in [0.5, 0.6) is 0 Å². The molecule has 1 rings (SSSR count). The van der Waals surface area contributed by atoms with Crippen LogP contribution in [0.3, 0.4) is 0 Å². The molecule has 1 aliphatic heterocycles. The van der Waals surface area contributed by atoms with Gasteiger partial charge in [0, 0.05) is 19.0 Å². The number of carbonyl (C=O) groups is 2. The molecule has 0 aromatic rings. The van der Waals surface area contributed by atoms with E-state index >= 15 is 0 Å². The Bertz CT molecular complexity index is 277. The Balaban J connectivity index is 2.19. The molecule has 0 aliphatic carbocycles. The van der Waals surface area contributed by atoms with Crippen molar-refractivity contribution in [2.24, 2.45) is 11.8 Å². The summed E-state index contributed by atoms with van der Waals surface area (Å²) in [5.74, 6) is 0.544. The summed E-state index contributed by atoms with van der Waals surface area (Å²) in [6.07, 6.45) is 3.69. The molecular formula is C13H24N2O2. The lowest BCUT2D eigenvalue weighted by molar-refractivity contribution is -0.127. The maximum absolute atomic E-state index is 11.8. The lowest BCUT2D eigenvalue weighted by atomic mass is 10.0. The topological polar surface area (TPSA) is 58.2 Å². The van der Waals surface area contributed by atoms with Crippen LogP contribution < -0.4 is 10.6 Å². The second-order valence-corrected chi connectivity index (χ2v) is 5.44. The highest BCUT2D eigenvalue weighted by atomic mass is 16.2. The molecular weight excluding hydrogens is 216 g/mol. The van der Waals surface area contributed by atoms with Gasteiger partial charge >= 0.3 is 0 Å². The van der Waals surface area contributed by atoms with Crippen molar-refractivity contribution >= 4 is 11.8 Å². The van der Waals surface area contributed by atoms with Gasteiger partial charge in [0.2, 0.25) is 11.8 Å². The average molecular weight is 240 g/mol. The van der Waals surface area contributed by atoms with E-state index in [1.807, 2.05) is 6.92 Å². The summed E-state index contributed by atoms with van der Waals surface area (Å²) in [7, 11) is 0. The first-order chi connectivity index (χ1) is 7.99. The molecule has 0 aromatic heterocycles. The minimum atomic E-state index is -0.171. The fraction of sp³-hybridized carbons (Fsp3) is 0.846. The molecule has 1 aliphatic rings. The van der Waals surface area contributed by atoms with Crippen molar-refractivity contribution in [2.75, 3.05) is 6.54 Å². The second-order valence-electron chi connectivity index (χ2n) is 5.44. The number of hydrogen-bond donors (Lipinski definition) is 2. The van der Waals surface area contributed by atoms with Gasteiger partial charge in [-0.25, -0.2) is 0 Å². The Kier molecular flexibility index (Phi) is 5.45. The van der Waals surface area contributed by atoms with E-state index in [-0.39, 0.29) is 23.8 Å². The smallest absolute Gasteiger partial charge is 0.225 e. The van der Waals surface area contributed by atoms with E-state index in [4.69, 9.17) is 0 Å². The third-order valence-corrected chi connectivity index (χ3v) is 3.16. The van der Waals surface area contributed by atoms with Gasteiger partial charge in [-0.1, -0.05) is 26.7 Å². The Labute approximate surface area is 104 Å². The summed E-state index contributed by atoms with van der Waals surface area (Å²) < 4.78 is 0. The third kappa shape index (κ3) is 5.20. The predicted octanol–water partition coefficient (Wildman–Crippen LogP) is 1.45. The summed E-state index contributed by atoms with van der Waals surface area (Å²) in [5, 5.41) is 5.67. The highest BCUT2D eigenvalue weighted by Gasteiger charge is 2.28. The SMILES string of the molecule is CC(C)CCCC(C)NC(=O)C1CNC(=O)C1. The van der Waals surface area contributed by atoms with Gasteiger partial charge < -0.3 is 10.6 Å². The first-order valence-electron chi connectivity index (χ1n) is 6.56. The molecule has 1 saturated heterocycles. The molecule has 0 radical (unpaired) electrons. The van der Waals surface area contributed by atoms with Crippen molar-refractivity contribution in [1.29, 1.82) is 0 Å². The maximum Gasteiger partial charge on any atom is 0.225 e. The molecule has 4 nitrogen and oxygen atoms in total. The van der Waals surface area contributed by atoms with Gasteiger partial charge in [0.15, 0.2) is 0 Å². The molecule has 2 amide bonds. The quantitative estimate of drug-likeness (QED) is 0.738. The average Bonchev–Trinajstić information content (AvgIpc) is 2.64. The summed E-state index contributed by atoms with van der Waals surface area (Å²) >= 11 is 0. The second kappa shape index (κ2) is 6.62. The molecule has 0 saturated carbocycles. The highest BCUT2D eigenvalue weighted by Crippen LogP contribution is 2.11. The Morgan fingerprint density at radius 1 is 1.41 bits per heavy atom. The van der Waals surface area contributed by atoms with Crippen LogP contribution in [0.1, 0.15) is 46.5 Å². The molecule has 1 fully saturated rings. The van der Waals surface area contributed by atoms with E-state index in [1.165, 1.54) is 6.42 Å². The Hall–Kier alpha value is -1.06. The third-order valence-electron chi connectivity index (χ3n) is 3.16. The van der Waals surface area contributed by atoms with Crippen molar-refractivity contribution in [3.8, 4) is 0 Å². The van der Waals surface area contributed by atoms with E-state index in [9.17, 15) is 9.59 Å². The van der Waals surface area contributed by atoms with E-state index in [0.717, 1.165) is 18.8 Å². The van der Waals surface area contributed by atoms with Crippen molar-refractivity contribution < 1.29 is 9.59 Å². The monoisotopic (exact) mass is 240 g/mol. The number of amides is 2. The van der Waals surface area contributed by atoms with Gasteiger partial charge in [0.1, 0.15) is 0 Å². The Morgan fingerprint density at radius 3 is 2.65 bits per heavy atom. The van der Waals surface area contributed by atoms with Crippen LogP contribution >= 0.6 is 0 Å². The van der Waals surface area contributed by atoms with Crippen molar-refractivity contribution in [2.45, 2.75) is 52.5 Å². The molecule has 2 atom stereocenters. The van der Waals surface area contributed by atoms with Crippen molar-refractivity contribution in [3.63, 3.8) is 0 Å². The number of carbonyl (C=O) groups excluding carboxylic acids is 2. The Morgan fingerprint density at radius 2 is 2.12 bits per heavy atom. The zero-order valence-electron chi connectivity index (χ0n) is 11.1. The minimum Gasteiger partial charge on any atom is -0.355 e. The van der Waals surface area contributed by atoms with E-state index in [1.54, 1.807) is 0 Å². The molecule has 0 bridgehead atoms. The van der Waals surface area contributed by atoms with Gasteiger partial charge in [-0.15, -0.1) is 0 Å². The molecule has 98 valence electrons. The summed E-state index contributed by atoms with van der Waals surface area (Å²) in [4.78, 5) is 22.8. The first kappa shape index (κ1) is 14.0. The summed E-state index contributed by atoms with van der Waals surface area (Å²) in [5.41, 5.74) is 0. The van der Waals surface area contributed by atoms with Crippen LogP contribution in [-0.4, -0.2) is 24.4 Å². The number of rotatable bonds is 6.